The molecule has 1 amide bonds. The predicted octanol–water partition coefficient (Wildman–Crippen LogP) is 1.91. The highest BCUT2D eigenvalue weighted by Gasteiger charge is 2.32. The second-order valence-electron chi connectivity index (χ2n) is 4.33. The lowest BCUT2D eigenvalue weighted by Gasteiger charge is -2.24. The molecule has 0 aliphatic rings. The van der Waals surface area contributed by atoms with Crippen molar-refractivity contribution in [3.8, 4) is 28.7 Å². The van der Waals surface area contributed by atoms with Crippen molar-refractivity contribution in [2.45, 2.75) is 13.8 Å². The number of rotatable bonds is 7. The van der Waals surface area contributed by atoms with Gasteiger partial charge in [-0.15, -0.1) is 0 Å². The minimum Gasteiger partial charge on any atom is -0.504 e. The van der Waals surface area contributed by atoms with Gasteiger partial charge in [-0.1, -0.05) is 0 Å². The summed E-state index contributed by atoms with van der Waals surface area (Å²) in [7, 11) is 5.59. The first-order valence-electron chi connectivity index (χ1n) is 6.90. The molecule has 7 nitrogen and oxygen atoms in total. The number of phenols is 1. The fraction of sp³-hybridized carbons (Fsp3) is 0.533. The standard InChI is InChI=1S/C15H23NO6/c1-7-16(8-2)15(18)9-10(17)12(20-4)14(22-6)13(21-5)11(9)19-3/h17H,7-8H2,1-6H3. The summed E-state index contributed by atoms with van der Waals surface area (Å²) in [5.41, 5.74) is -0.0132. The van der Waals surface area contributed by atoms with E-state index in [1.807, 2.05) is 13.8 Å². The molecule has 22 heavy (non-hydrogen) atoms. The highest BCUT2D eigenvalue weighted by Crippen LogP contribution is 2.53. The zero-order valence-electron chi connectivity index (χ0n) is 13.8. The normalized spacial score (nSPS) is 10.1. The van der Waals surface area contributed by atoms with Crippen LogP contribution in [0.2, 0.25) is 0 Å². The van der Waals surface area contributed by atoms with E-state index >= 15 is 0 Å². The first-order valence-corrected chi connectivity index (χ1v) is 6.90. The predicted molar refractivity (Wildman–Crippen MR) is 81.6 cm³/mol. The summed E-state index contributed by atoms with van der Waals surface area (Å²) in [4.78, 5) is 14.2. The van der Waals surface area contributed by atoms with Gasteiger partial charge < -0.3 is 29.0 Å². The molecule has 7 heteroatoms. The van der Waals surface area contributed by atoms with E-state index in [1.165, 1.54) is 28.4 Å². The van der Waals surface area contributed by atoms with Crippen LogP contribution in [-0.2, 0) is 0 Å². The molecule has 0 aliphatic carbocycles. The zero-order valence-corrected chi connectivity index (χ0v) is 13.8. The van der Waals surface area contributed by atoms with Gasteiger partial charge in [0.05, 0.1) is 28.4 Å². The van der Waals surface area contributed by atoms with Crippen LogP contribution in [0.1, 0.15) is 24.2 Å². The van der Waals surface area contributed by atoms with Crippen LogP contribution in [0, 0.1) is 0 Å². The third-order valence-corrected chi connectivity index (χ3v) is 3.38. The summed E-state index contributed by atoms with van der Waals surface area (Å²) in [5.74, 6) is -0.233. The van der Waals surface area contributed by atoms with E-state index in [2.05, 4.69) is 0 Å². The van der Waals surface area contributed by atoms with Crippen molar-refractivity contribution >= 4 is 5.91 Å². The van der Waals surface area contributed by atoms with Gasteiger partial charge in [-0.25, -0.2) is 0 Å². The van der Waals surface area contributed by atoms with Crippen LogP contribution >= 0.6 is 0 Å². The first kappa shape index (κ1) is 17.7. The average Bonchev–Trinajstić information content (AvgIpc) is 2.54. The van der Waals surface area contributed by atoms with Gasteiger partial charge in [-0.05, 0) is 13.8 Å². The van der Waals surface area contributed by atoms with Crippen LogP contribution in [-0.4, -0.2) is 57.4 Å². The molecule has 1 N–H and O–H groups in total. The number of nitrogens with zero attached hydrogens (tertiary/aromatic N) is 1. The van der Waals surface area contributed by atoms with Gasteiger partial charge in [-0.3, -0.25) is 4.79 Å². The summed E-state index contributed by atoms with van der Waals surface area (Å²) < 4.78 is 20.9. The van der Waals surface area contributed by atoms with Crippen molar-refractivity contribution in [1.82, 2.24) is 4.90 Å². The number of amides is 1. The Morgan fingerprint density at radius 2 is 1.27 bits per heavy atom. The highest BCUT2D eigenvalue weighted by molar-refractivity contribution is 6.02. The third kappa shape index (κ3) is 2.84. The van der Waals surface area contributed by atoms with Crippen molar-refractivity contribution in [3.05, 3.63) is 5.56 Å². The fourth-order valence-electron chi connectivity index (χ4n) is 2.27. The molecule has 0 radical (unpaired) electrons. The van der Waals surface area contributed by atoms with E-state index in [1.54, 1.807) is 4.90 Å². The number of ether oxygens (including phenoxy) is 4. The van der Waals surface area contributed by atoms with Crippen molar-refractivity contribution in [1.29, 1.82) is 0 Å². The molecule has 0 aliphatic heterocycles. The molecule has 0 spiro atoms. The molecule has 0 fully saturated rings. The van der Waals surface area contributed by atoms with E-state index in [-0.39, 0.29) is 40.2 Å². The monoisotopic (exact) mass is 313 g/mol. The number of phenolic OH excluding ortho intramolecular Hbond substituents is 1. The molecular formula is C15H23NO6. The maximum Gasteiger partial charge on any atom is 0.261 e. The Bertz CT molecular complexity index is 540. The zero-order chi connectivity index (χ0) is 16.9. The smallest absolute Gasteiger partial charge is 0.261 e. The lowest BCUT2D eigenvalue weighted by molar-refractivity contribution is 0.0764. The second kappa shape index (κ2) is 7.63. The number of hydrogen-bond acceptors (Lipinski definition) is 6. The lowest BCUT2D eigenvalue weighted by atomic mass is 10.1. The van der Waals surface area contributed by atoms with Crippen LogP contribution in [0.4, 0.5) is 0 Å². The van der Waals surface area contributed by atoms with E-state index in [9.17, 15) is 9.90 Å². The maximum atomic E-state index is 12.7. The van der Waals surface area contributed by atoms with Crippen LogP contribution < -0.4 is 18.9 Å². The summed E-state index contributed by atoms with van der Waals surface area (Å²) in [6, 6.07) is 0. The Morgan fingerprint density at radius 3 is 1.64 bits per heavy atom. The highest BCUT2D eigenvalue weighted by atomic mass is 16.5. The van der Waals surface area contributed by atoms with E-state index in [4.69, 9.17) is 18.9 Å². The third-order valence-electron chi connectivity index (χ3n) is 3.38. The molecule has 0 bridgehead atoms. The number of carbonyl (C=O) groups is 1. The minimum atomic E-state index is -0.376. The van der Waals surface area contributed by atoms with Crippen LogP contribution in [0.5, 0.6) is 28.7 Å². The molecule has 1 aromatic rings. The topological polar surface area (TPSA) is 77.5 Å². The SMILES string of the molecule is CCN(CC)C(=O)c1c(O)c(OC)c(OC)c(OC)c1OC. The fourth-order valence-corrected chi connectivity index (χ4v) is 2.27. The van der Waals surface area contributed by atoms with Gasteiger partial charge in [0.2, 0.25) is 17.2 Å². The second-order valence-corrected chi connectivity index (χ2v) is 4.33. The van der Waals surface area contributed by atoms with E-state index in [0.29, 0.717) is 13.1 Å². The molecule has 0 unspecified atom stereocenters. The van der Waals surface area contributed by atoms with Gasteiger partial charge in [-0.2, -0.15) is 0 Å². The van der Waals surface area contributed by atoms with Gasteiger partial charge in [0, 0.05) is 13.1 Å². The first-order chi connectivity index (χ1) is 10.5. The Balaban J connectivity index is 3.72. The number of aromatic hydroxyl groups is 1. The van der Waals surface area contributed by atoms with Crippen molar-refractivity contribution in [2.75, 3.05) is 41.5 Å². The Morgan fingerprint density at radius 1 is 0.864 bits per heavy atom. The summed E-state index contributed by atoms with van der Waals surface area (Å²) in [6.45, 7) is 4.69. The molecule has 1 rings (SSSR count). The summed E-state index contributed by atoms with van der Waals surface area (Å²) in [6.07, 6.45) is 0. The van der Waals surface area contributed by atoms with Gasteiger partial charge >= 0.3 is 0 Å². The number of carbonyl (C=O) groups excluding carboxylic acids is 1. The summed E-state index contributed by atoms with van der Waals surface area (Å²) >= 11 is 0. The minimum absolute atomic E-state index is 0.0132. The van der Waals surface area contributed by atoms with Gasteiger partial charge in [0.15, 0.2) is 11.5 Å². The molecule has 0 atom stereocenters. The molecule has 0 aromatic heterocycles. The van der Waals surface area contributed by atoms with Crippen LogP contribution in [0.25, 0.3) is 0 Å². The summed E-state index contributed by atoms with van der Waals surface area (Å²) in [5, 5.41) is 10.5. The molecule has 124 valence electrons. The molecular weight excluding hydrogens is 290 g/mol. The quantitative estimate of drug-likeness (QED) is 0.828. The van der Waals surface area contributed by atoms with E-state index in [0.717, 1.165) is 0 Å². The van der Waals surface area contributed by atoms with E-state index < -0.39 is 0 Å². The number of benzene rings is 1. The Labute approximate surface area is 130 Å². The number of hydrogen-bond donors (Lipinski definition) is 1. The van der Waals surface area contributed by atoms with Crippen molar-refractivity contribution in [3.63, 3.8) is 0 Å². The average molecular weight is 313 g/mol. The van der Waals surface area contributed by atoms with Crippen LogP contribution in [0.15, 0.2) is 0 Å². The molecule has 0 saturated carbocycles. The Hall–Kier alpha value is -2.31. The maximum absolute atomic E-state index is 12.7. The number of methoxy groups -OCH3 is 4. The lowest BCUT2D eigenvalue weighted by Crippen LogP contribution is -2.31. The molecule has 0 heterocycles. The van der Waals surface area contributed by atoms with Gasteiger partial charge in [0.1, 0.15) is 5.56 Å². The van der Waals surface area contributed by atoms with Gasteiger partial charge in [0.25, 0.3) is 5.91 Å². The largest absolute Gasteiger partial charge is 0.504 e. The van der Waals surface area contributed by atoms with Crippen molar-refractivity contribution < 1.29 is 28.8 Å². The van der Waals surface area contributed by atoms with Crippen LogP contribution in [0.3, 0.4) is 0 Å². The molecule has 1 aromatic carbocycles. The van der Waals surface area contributed by atoms with Crippen molar-refractivity contribution in [2.24, 2.45) is 0 Å². The Kier molecular flexibility index (Phi) is 6.15. The molecule has 0 saturated heterocycles.